The van der Waals surface area contributed by atoms with Crippen LogP contribution in [0, 0.1) is 0 Å². The Labute approximate surface area is 184 Å². The molecule has 1 N–H and O–H groups in total. The van der Waals surface area contributed by atoms with Gasteiger partial charge >= 0.3 is 0 Å². The van der Waals surface area contributed by atoms with E-state index in [1.54, 1.807) is 14.2 Å². The van der Waals surface area contributed by atoms with Crippen LogP contribution in [0.1, 0.15) is 11.1 Å². The highest BCUT2D eigenvalue weighted by Crippen LogP contribution is 2.21. The first-order chi connectivity index (χ1) is 15.3. The topological polar surface area (TPSA) is 30.5 Å². The second kappa shape index (κ2) is 11.9. The van der Waals surface area contributed by atoms with Gasteiger partial charge in [-0.3, -0.25) is 0 Å². The molecule has 0 aliphatic rings. The van der Waals surface area contributed by atoms with Crippen molar-refractivity contribution in [3.05, 3.63) is 120 Å². The van der Waals surface area contributed by atoms with E-state index in [0.717, 1.165) is 22.9 Å². The van der Waals surface area contributed by atoms with E-state index in [0.29, 0.717) is 0 Å². The molecular formula is C28H27NO2. The van der Waals surface area contributed by atoms with Gasteiger partial charge in [0.05, 0.1) is 14.2 Å². The summed E-state index contributed by atoms with van der Waals surface area (Å²) in [4.78, 5) is 0. The molecule has 156 valence electrons. The van der Waals surface area contributed by atoms with Crippen molar-refractivity contribution in [3.8, 4) is 11.5 Å². The molecular weight excluding hydrogens is 382 g/mol. The summed E-state index contributed by atoms with van der Waals surface area (Å²) in [6.45, 7) is 0. The molecule has 0 unspecified atom stereocenters. The van der Waals surface area contributed by atoms with Crippen molar-refractivity contribution in [2.24, 2.45) is 0 Å². The molecule has 0 bridgehead atoms. The molecule has 4 aromatic carbocycles. The molecule has 0 amide bonds. The Morgan fingerprint density at radius 1 is 0.484 bits per heavy atom. The predicted molar refractivity (Wildman–Crippen MR) is 131 cm³/mol. The summed E-state index contributed by atoms with van der Waals surface area (Å²) < 4.78 is 10.2. The van der Waals surface area contributed by atoms with Crippen molar-refractivity contribution >= 4 is 23.5 Å². The van der Waals surface area contributed by atoms with E-state index in [-0.39, 0.29) is 0 Å². The van der Waals surface area contributed by atoms with Gasteiger partial charge in [0.15, 0.2) is 0 Å². The summed E-state index contributed by atoms with van der Waals surface area (Å²) in [5.74, 6) is 1.70. The van der Waals surface area contributed by atoms with Crippen LogP contribution in [0.3, 0.4) is 0 Å². The fraction of sp³-hybridized carbons (Fsp3) is 0.0714. The number of hydrogen-bond donors (Lipinski definition) is 1. The van der Waals surface area contributed by atoms with Crippen molar-refractivity contribution in [3.63, 3.8) is 0 Å². The fourth-order valence-corrected chi connectivity index (χ4v) is 2.84. The van der Waals surface area contributed by atoms with E-state index in [1.807, 2.05) is 84.9 Å². The summed E-state index contributed by atoms with van der Waals surface area (Å²) in [7, 11) is 3.32. The van der Waals surface area contributed by atoms with Gasteiger partial charge in [0.1, 0.15) is 11.5 Å². The molecule has 0 spiro atoms. The minimum Gasteiger partial charge on any atom is -0.497 e. The zero-order chi connectivity index (χ0) is 21.7. The lowest BCUT2D eigenvalue weighted by molar-refractivity contribution is 0.415. The highest BCUT2D eigenvalue weighted by Gasteiger charge is 1.96. The van der Waals surface area contributed by atoms with Gasteiger partial charge in [-0.05, 0) is 59.7 Å². The van der Waals surface area contributed by atoms with Crippen LogP contribution in [0.25, 0.3) is 12.2 Å². The van der Waals surface area contributed by atoms with Crippen LogP contribution in [0.15, 0.2) is 109 Å². The fourth-order valence-electron chi connectivity index (χ4n) is 2.84. The molecule has 0 atom stereocenters. The number of methoxy groups -OCH3 is 2. The molecule has 4 rings (SSSR count). The Kier molecular flexibility index (Phi) is 8.33. The minimum atomic E-state index is 0.852. The van der Waals surface area contributed by atoms with E-state index in [9.17, 15) is 0 Å². The summed E-state index contributed by atoms with van der Waals surface area (Å²) in [5, 5.41) is 3.30. The van der Waals surface area contributed by atoms with Gasteiger partial charge < -0.3 is 14.8 Å². The van der Waals surface area contributed by atoms with Gasteiger partial charge in [-0.15, -0.1) is 0 Å². The molecule has 0 aliphatic carbocycles. The van der Waals surface area contributed by atoms with Crippen molar-refractivity contribution in [1.82, 2.24) is 0 Å². The van der Waals surface area contributed by atoms with Crippen LogP contribution < -0.4 is 14.8 Å². The lowest BCUT2D eigenvalue weighted by Gasteiger charge is -2.08. The maximum absolute atomic E-state index is 5.11. The van der Waals surface area contributed by atoms with Crippen LogP contribution in [0.2, 0.25) is 0 Å². The summed E-state index contributed by atoms with van der Waals surface area (Å²) >= 11 is 0. The molecule has 0 aromatic heterocycles. The monoisotopic (exact) mass is 409 g/mol. The van der Waals surface area contributed by atoms with Crippen LogP contribution in [-0.4, -0.2) is 14.2 Å². The van der Waals surface area contributed by atoms with Crippen molar-refractivity contribution < 1.29 is 9.47 Å². The maximum atomic E-state index is 5.11. The SMILES string of the molecule is C(=Cc1ccccc1)c1ccccc1.COc1ccc(Nc2ccc(OC)cc2)cc1. The van der Waals surface area contributed by atoms with Crippen LogP contribution in [-0.2, 0) is 0 Å². The molecule has 4 aromatic rings. The zero-order valence-electron chi connectivity index (χ0n) is 17.9. The first kappa shape index (κ1) is 21.7. The average Bonchev–Trinajstić information content (AvgIpc) is 2.85. The van der Waals surface area contributed by atoms with Gasteiger partial charge in [-0.25, -0.2) is 0 Å². The van der Waals surface area contributed by atoms with Crippen molar-refractivity contribution in [2.45, 2.75) is 0 Å². The third kappa shape index (κ3) is 7.41. The second-order valence-electron chi connectivity index (χ2n) is 6.74. The third-order valence-corrected chi connectivity index (χ3v) is 4.54. The molecule has 0 saturated carbocycles. The number of benzene rings is 4. The Hall–Kier alpha value is -3.98. The largest absolute Gasteiger partial charge is 0.497 e. The van der Waals surface area contributed by atoms with Crippen LogP contribution in [0.5, 0.6) is 11.5 Å². The lowest BCUT2D eigenvalue weighted by Crippen LogP contribution is -1.90. The normalized spacial score (nSPS) is 10.1. The number of nitrogens with one attached hydrogen (secondary N) is 1. The Morgan fingerprint density at radius 3 is 1.16 bits per heavy atom. The van der Waals surface area contributed by atoms with Crippen LogP contribution >= 0.6 is 0 Å². The molecule has 3 heteroatoms. The summed E-state index contributed by atoms with van der Waals surface area (Å²) in [6.07, 6.45) is 4.24. The smallest absolute Gasteiger partial charge is 0.119 e. The van der Waals surface area contributed by atoms with E-state index < -0.39 is 0 Å². The average molecular weight is 410 g/mol. The zero-order valence-corrected chi connectivity index (χ0v) is 17.9. The highest BCUT2D eigenvalue weighted by atomic mass is 16.5. The van der Waals surface area contributed by atoms with E-state index in [1.165, 1.54) is 11.1 Å². The molecule has 31 heavy (non-hydrogen) atoms. The maximum Gasteiger partial charge on any atom is 0.119 e. The molecule has 0 radical (unpaired) electrons. The van der Waals surface area contributed by atoms with Gasteiger partial charge in [0.25, 0.3) is 0 Å². The Balaban J connectivity index is 0.000000179. The molecule has 3 nitrogen and oxygen atoms in total. The first-order valence-electron chi connectivity index (χ1n) is 10.1. The van der Waals surface area contributed by atoms with Crippen LogP contribution in [0.4, 0.5) is 11.4 Å². The predicted octanol–water partition coefficient (Wildman–Crippen LogP) is 7.30. The first-order valence-corrected chi connectivity index (χ1v) is 10.1. The molecule has 0 aliphatic heterocycles. The van der Waals surface area contributed by atoms with Crippen molar-refractivity contribution in [1.29, 1.82) is 0 Å². The number of hydrogen-bond acceptors (Lipinski definition) is 3. The van der Waals surface area contributed by atoms with E-state index >= 15 is 0 Å². The van der Waals surface area contributed by atoms with Gasteiger partial charge in [-0.2, -0.15) is 0 Å². The highest BCUT2D eigenvalue weighted by molar-refractivity contribution is 5.69. The number of ether oxygens (including phenoxy) is 2. The standard InChI is InChI=1S/C14H15NO2.C14H12/c1-16-13-7-3-11(4-8-13)15-12-5-9-14(17-2)10-6-12;1-3-7-13(8-4-1)11-12-14-9-5-2-6-10-14/h3-10,15H,1-2H3;1-12H. The van der Waals surface area contributed by atoms with Gasteiger partial charge in [-0.1, -0.05) is 72.8 Å². The third-order valence-electron chi connectivity index (χ3n) is 4.54. The second-order valence-corrected chi connectivity index (χ2v) is 6.74. The van der Waals surface area contributed by atoms with E-state index in [2.05, 4.69) is 41.7 Å². The molecule has 0 saturated heterocycles. The number of anilines is 2. The molecule has 0 heterocycles. The Bertz CT molecular complexity index is 955. The van der Waals surface area contributed by atoms with E-state index in [4.69, 9.17) is 9.47 Å². The van der Waals surface area contributed by atoms with Gasteiger partial charge in [0.2, 0.25) is 0 Å². The summed E-state index contributed by atoms with van der Waals surface area (Å²) in [5.41, 5.74) is 4.51. The Morgan fingerprint density at radius 2 is 0.839 bits per heavy atom. The molecule has 0 fully saturated rings. The number of rotatable bonds is 6. The van der Waals surface area contributed by atoms with Gasteiger partial charge in [0, 0.05) is 11.4 Å². The lowest BCUT2D eigenvalue weighted by atomic mass is 10.1. The summed E-state index contributed by atoms with van der Waals surface area (Å²) in [6, 6.07) is 36.2. The minimum absolute atomic E-state index is 0.852. The van der Waals surface area contributed by atoms with Crippen molar-refractivity contribution in [2.75, 3.05) is 19.5 Å². The quantitative estimate of drug-likeness (QED) is 0.339.